The number of rotatable bonds is 12. The molecule has 0 aliphatic heterocycles. The van der Waals surface area contributed by atoms with Gasteiger partial charge in [0.05, 0.1) is 0 Å². The zero-order valence-electron chi connectivity index (χ0n) is 20.1. The standard InChI is InChI=1S/C30H39OP/c1-4-7-25-10-16-28(17-11-25)22-32(31,23-29-18-12-26(8-5-2)13-19-29)24-30-20-14-27(9-6-3)15-21-30/h10-21H,4-9,22-24H2,1-3H3. The molecule has 0 aliphatic carbocycles. The second kappa shape index (κ2) is 12.2. The van der Waals surface area contributed by atoms with Gasteiger partial charge in [-0.05, 0) is 52.6 Å². The van der Waals surface area contributed by atoms with Crippen LogP contribution in [0.5, 0.6) is 0 Å². The monoisotopic (exact) mass is 446 g/mol. The van der Waals surface area contributed by atoms with Crippen molar-refractivity contribution < 1.29 is 4.57 Å². The van der Waals surface area contributed by atoms with Crippen LogP contribution < -0.4 is 0 Å². The molecule has 0 fully saturated rings. The average Bonchev–Trinajstić information content (AvgIpc) is 2.78. The molecule has 0 heterocycles. The molecule has 3 aromatic rings. The Hall–Kier alpha value is -2.11. The van der Waals surface area contributed by atoms with Crippen LogP contribution in [0.2, 0.25) is 0 Å². The minimum atomic E-state index is -2.48. The van der Waals surface area contributed by atoms with E-state index in [4.69, 9.17) is 0 Å². The summed E-state index contributed by atoms with van der Waals surface area (Å²) in [5, 5.41) is 0. The molecule has 32 heavy (non-hydrogen) atoms. The quantitative estimate of drug-likeness (QED) is 0.254. The second-order valence-electron chi connectivity index (χ2n) is 9.23. The van der Waals surface area contributed by atoms with Gasteiger partial charge >= 0.3 is 0 Å². The first-order chi connectivity index (χ1) is 15.5. The number of benzene rings is 3. The second-order valence-corrected chi connectivity index (χ2v) is 12.3. The van der Waals surface area contributed by atoms with Crippen LogP contribution in [-0.4, -0.2) is 0 Å². The van der Waals surface area contributed by atoms with Crippen LogP contribution in [0.4, 0.5) is 0 Å². The lowest BCUT2D eigenvalue weighted by Crippen LogP contribution is -1.99. The molecule has 3 aromatic carbocycles. The van der Waals surface area contributed by atoms with E-state index < -0.39 is 7.14 Å². The van der Waals surface area contributed by atoms with Gasteiger partial charge in [-0.2, -0.15) is 0 Å². The third kappa shape index (κ3) is 7.49. The SMILES string of the molecule is CCCc1ccc(CP(=O)(Cc2ccc(CCC)cc2)Cc2ccc(CCC)cc2)cc1. The molecule has 0 atom stereocenters. The molecule has 0 saturated heterocycles. The summed E-state index contributed by atoms with van der Waals surface area (Å²) in [6.07, 6.45) is 8.75. The van der Waals surface area contributed by atoms with E-state index in [0.29, 0.717) is 18.5 Å². The molecule has 3 rings (SSSR count). The van der Waals surface area contributed by atoms with E-state index in [1.807, 2.05) is 0 Å². The summed E-state index contributed by atoms with van der Waals surface area (Å²) in [5.74, 6) is 0. The highest BCUT2D eigenvalue weighted by atomic mass is 31.2. The Morgan fingerprint density at radius 1 is 0.438 bits per heavy atom. The Morgan fingerprint density at radius 2 is 0.656 bits per heavy atom. The molecule has 0 aliphatic rings. The summed E-state index contributed by atoms with van der Waals surface area (Å²) in [5.41, 5.74) is 7.67. The lowest BCUT2D eigenvalue weighted by Gasteiger charge is -2.20. The van der Waals surface area contributed by atoms with Crippen molar-refractivity contribution in [3.8, 4) is 0 Å². The summed E-state index contributed by atoms with van der Waals surface area (Å²) in [6.45, 7) is 6.62. The Balaban J connectivity index is 1.82. The predicted molar refractivity (Wildman–Crippen MR) is 140 cm³/mol. The summed E-state index contributed by atoms with van der Waals surface area (Å²) >= 11 is 0. The topological polar surface area (TPSA) is 17.1 Å². The summed E-state index contributed by atoms with van der Waals surface area (Å²) < 4.78 is 14.4. The fraction of sp³-hybridized carbons (Fsp3) is 0.400. The van der Waals surface area contributed by atoms with Crippen molar-refractivity contribution in [1.82, 2.24) is 0 Å². The minimum Gasteiger partial charge on any atom is -0.323 e. The van der Waals surface area contributed by atoms with Crippen LogP contribution in [0, 0.1) is 0 Å². The van der Waals surface area contributed by atoms with Crippen molar-refractivity contribution in [1.29, 1.82) is 0 Å². The zero-order chi connectivity index (χ0) is 22.8. The Morgan fingerprint density at radius 3 is 0.875 bits per heavy atom. The summed E-state index contributed by atoms with van der Waals surface area (Å²) in [6, 6.07) is 26.4. The van der Waals surface area contributed by atoms with Gasteiger partial charge in [-0.15, -0.1) is 0 Å². The highest BCUT2D eigenvalue weighted by molar-refractivity contribution is 7.61. The minimum absolute atomic E-state index is 0.660. The van der Waals surface area contributed by atoms with Crippen LogP contribution in [0.25, 0.3) is 0 Å². The van der Waals surface area contributed by atoms with E-state index in [0.717, 1.165) is 38.5 Å². The van der Waals surface area contributed by atoms with Crippen LogP contribution in [0.1, 0.15) is 73.4 Å². The molecule has 0 N–H and O–H groups in total. The largest absolute Gasteiger partial charge is 0.323 e. The van der Waals surface area contributed by atoms with Gasteiger partial charge in [0.25, 0.3) is 0 Å². The molecule has 0 bridgehead atoms. The highest BCUT2D eigenvalue weighted by Crippen LogP contribution is 2.55. The van der Waals surface area contributed by atoms with Gasteiger partial charge in [0.2, 0.25) is 0 Å². The van der Waals surface area contributed by atoms with Crippen molar-refractivity contribution in [2.45, 2.75) is 77.8 Å². The molecule has 2 heteroatoms. The molecule has 1 nitrogen and oxygen atoms in total. The van der Waals surface area contributed by atoms with Crippen molar-refractivity contribution in [2.24, 2.45) is 0 Å². The maximum Gasteiger partial charge on any atom is 0.100 e. The van der Waals surface area contributed by atoms with E-state index in [9.17, 15) is 4.57 Å². The van der Waals surface area contributed by atoms with Gasteiger partial charge in [0.15, 0.2) is 0 Å². The first-order valence-corrected chi connectivity index (χ1v) is 14.6. The van der Waals surface area contributed by atoms with Gasteiger partial charge in [0.1, 0.15) is 7.14 Å². The number of hydrogen-bond donors (Lipinski definition) is 0. The lowest BCUT2D eigenvalue weighted by atomic mass is 10.1. The normalized spacial score (nSPS) is 11.6. The van der Waals surface area contributed by atoms with Crippen LogP contribution in [0.15, 0.2) is 72.8 Å². The number of aryl methyl sites for hydroxylation is 3. The summed E-state index contributed by atoms with van der Waals surface area (Å²) in [4.78, 5) is 0. The van der Waals surface area contributed by atoms with Gasteiger partial charge in [-0.1, -0.05) is 113 Å². The maximum absolute atomic E-state index is 14.4. The first kappa shape index (κ1) is 24.5. The fourth-order valence-electron chi connectivity index (χ4n) is 4.47. The van der Waals surface area contributed by atoms with Crippen LogP contribution in [0.3, 0.4) is 0 Å². The lowest BCUT2D eigenvalue weighted by molar-refractivity contribution is 0.572. The van der Waals surface area contributed by atoms with Gasteiger partial charge in [-0.25, -0.2) is 0 Å². The van der Waals surface area contributed by atoms with Crippen molar-refractivity contribution >= 4 is 7.14 Å². The third-order valence-corrected chi connectivity index (χ3v) is 8.92. The van der Waals surface area contributed by atoms with Crippen molar-refractivity contribution in [2.75, 3.05) is 0 Å². The Labute approximate surface area is 195 Å². The van der Waals surface area contributed by atoms with Crippen molar-refractivity contribution in [3.05, 3.63) is 106 Å². The molecule has 0 radical (unpaired) electrons. The molecular formula is C30H39OP. The average molecular weight is 447 g/mol. The van der Waals surface area contributed by atoms with Crippen molar-refractivity contribution in [3.63, 3.8) is 0 Å². The third-order valence-electron chi connectivity index (χ3n) is 6.10. The van der Waals surface area contributed by atoms with E-state index >= 15 is 0 Å². The van der Waals surface area contributed by atoms with E-state index in [1.54, 1.807) is 0 Å². The van der Waals surface area contributed by atoms with Gasteiger partial charge in [-0.3, -0.25) is 0 Å². The zero-order valence-corrected chi connectivity index (χ0v) is 21.0. The van der Waals surface area contributed by atoms with Gasteiger partial charge < -0.3 is 4.57 Å². The predicted octanol–water partition coefficient (Wildman–Crippen LogP) is 8.81. The van der Waals surface area contributed by atoms with E-state index in [2.05, 4.69) is 93.6 Å². The van der Waals surface area contributed by atoms with Crippen LogP contribution >= 0.6 is 7.14 Å². The smallest absolute Gasteiger partial charge is 0.100 e. The van der Waals surface area contributed by atoms with E-state index in [1.165, 1.54) is 33.4 Å². The fourth-order valence-corrected chi connectivity index (χ4v) is 7.43. The first-order valence-electron chi connectivity index (χ1n) is 12.3. The van der Waals surface area contributed by atoms with Gasteiger partial charge in [0, 0.05) is 18.5 Å². The molecule has 0 spiro atoms. The highest BCUT2D eigenvalue weighted by Gasteiger charge is 2.24. The molecular weight excluding hydrogens is 407 g/mol. The molecule has 0 saturated carbocycles. The molecule has 0 amide bonds. The molecule has 170 valence electrons. The maximum atomic E-state index is 14.4. The Kier molecular flexibility index (Phi) is 9.36. The van der Waals surface area contributed by atoms with Crippen LogP contribution in [-0.2, 0) is 42.3 Å². The molecule has 0 aromatic heterocycles. The summed E-state index contributed by atoms with van der Waals surface area (Å²) in [7, 11) is -2.48. The van der Waals surface area contributed by atoms with E-state index in [-0.39, 0.29) is 0 Å². The Bertz CT molecular complexity index is 853. The number of hydrogen-bond acceptors (Lipinski definition) is 1. The molecule has 0 unspecified atom stereocenters.